The van der Waals surface area contributed by atoms with Crippen molar-refractivity contribution in [3.05, 3.63) is 91.0 Å². The van der Waals surface area contributed by atoms with Crippen LogP contribution >= 0.6 is 0 Å². The number of terminal acetylenes is 3. The summed E-state index contributed by atoms with van der Waals surface area (Å²) in [7, 11) is 0. The van der Waals surface area contributed by atoms with E-state index in [1.165, 1.54) is 0 Å². The zero-order valence-electron chi connectivity index (χ0n) is 19.7. The lowest BCUT2D eigenvalue weighted by molar-refractivity contribution is 0.370. The Morgan fingerprint density at radius 1 is 0.417 bits per heavy atom. The Bertz CT molecular complexity index is 1290. The average molecular weight is 469 g/mol. The topological polar surface area (TPSA) is 27.7 Å². The third-order valence-corrected chi connectivity index (χ3v) is 5.40. The second kappa shape index (κ2) is 11.9. The van der Waals surface area contributed by atoms with Crippen molar-refractivity contribution in [3.8, 4) is 87.7 Å². The molecule has 3 heteroatoms. The normalized spacial score (nSPS) is 9.92. The van der Waals surface area contributed by atoms with Crippen molar-refractivity contribution < 1.29 is 14.2 Å². The van der Waals surface area contributed by atoms with Crippen molar-refractivity contribution in [2.75, 3.05) is 19.8 Å². The smallest absolute Gasteiger partial charge is 0.148 e. The molecule has 4 rings (SSSR count). The quantitative estimate of drug-likeness (QED) is 0.255. The van der Waals surface area contributed by atoms with Crippen LogP contribution in [-0.4, -0.2) is 19.8 Å². The van der Waals surface area contributed by atoms with Gasteiger partial charge in [0.25, 0.3) is 0 Å². The van der Waals surface area contributed by atoms with E-state index in [-0.39, 0.29) is 19.8 Å². The Balaban J connectivity index is 1.82. The van der Waals surface area contributed by atoms with Crippen LogP contribution in [0, 0.1) is 37.0 Å². The highest BCUT2D eigenvalue weighted by Gasteiger charge is 2.10. The fourth-order valence-corrected chi connectivity index (χ4v) is 3.80. The van der Waals surface area contributed by atoms with E-state index < -0.39 is 0 Å². The lowest BCUT2D eigenvalue weighted by Crippen LogP contribution is -1.95. The molecule has 4 aromatic rings. The summed E-state index contributed by atoms with van der Waals surface area (Å²) in [5.74, 6) is 9.66. The van der Waals surface area contributed by atoms with Crippen LogP contribution in [0.25, 0.3) is 33.4 Å². The van der Waals surface area contributed by atoms with Gasteiger partial charge in [-0.3, -0.25) is 0 Å². The van der Waals surface area contributed by atoms with E-state index in [2.05, 4.69) is 36.0 Å². The molecule has 4 aromatic carbocycles. The molecule has 0 amide bonds. The van der Waals surface area contributed by atoms with E-state index in [0.29, 0.717) is 17.2 Å². The van der Waals surface area contributed by atoms with Crippen LogP contribution < -0.4 is 14.2 Å². The maximum absolute atomic E-state index is 5.65. The summed E-state index contributed by atoms with van der Waals surface area (Å²) >= 11 is 0. The zero-order chi connectivity index (χ0) is 25.2. The average Bonchev–Trinajstić information content (AvgIpc) is 2.94. The SMILES string of the molecule is C#CCOc1cccc(-c2cc(-c3cccc(OCC#C)c3)cc(-c3cccc(OCC#C)c3)c2)c1. The number of benzene rings is 4. The van der Waals surface area contributed by atoms with Crippen molar-refractivity contribution in [2.45, 2.75) is 0 Å². The van der Waals surface area contributed by atoms with Crippen molar-refractivity contribution >= 4 is 0 Å². The van der Waals surface area contributed by atoms with Gasteiger partial charge < -0.3 is 14.2 Å². The van der Waals surface area contributed by atoms with Crippen molar-refractivity contribution in [2.24, 2.45) is 0 Å². The van der Waals surface area contributed by atoms with Crippen LogP contribution in [0.4, 0.5) is 0 Å². The van der Waals surface area contributed by atoms with Gasteiger partial charge in [-0.05, 0) is 88.0 Å². The van der Waals surface area contributed by atoms with Crippen LogP contribution in [0.2, 0.25) is 0 Å². The number of rotatable bonds is 9. The first-order chi connectivity index (χ1) is 17.7. The molecule has 0 aliphatic rings. The van der Waals surface area contributed by atoms with Crippen molar-refractivity contribution in [1.29, 1.82) is 0 Å². The van der Waals surface area contributed by atoms with E-state index in [4.69, 9.17) is 33.5 Å². The third kappa shape index (κ3) is 6.09. The molecule has 0 aliphatic carbocycles. The largest absolute Gasteiger partial charge is 0.481 e. The lowest BCUT2D eigenvalue weighted by Gasteiger charge is -2.13. The highest BCUT2D eigenvalue weighted by molar-refractivity contribution is 5.82. The predicted molar refractivity (Wildman–Crippen MR) is 146 cm³/mol. The molecule has 0 aliphatic heterocycles. The van der Waals surface area contributed by atoms with Gasteiger partial charge in [-0.15, -0.1) is 19.3 Å². The van der Waals surface area contributed by atoms with Crippen LogP contribution in [0.1, 0.15) is 0 Å². The van der Waals surface area contributed by atoms with E-state index in [1.807, 2.05) is 72.8 Å². The molecule has 0 N–H and O–H groups in total. The summed E-state index contributed by atoms with van der Waals surface area (Å²) < 4.78 is 17.0. The van der Waals surface area contributed by atoms with Gasteiger partial charge in [-0.1, -0.05) is 54.2 Å². The highest BCUT2D eigenvalue weighted by Crippen LogP contribution is 2.35. The maximum atomic E-state index is 5.65. The predicted octanol–water partition coefficient (Wildman–Crippen LogP) is 6.72. The fraction of sp³-hybridized carbons (Fsp3) is 0.0909. The molecule has 0 saturated heterocycles. The minimum absolute atomic E-state index is 0.212. The summed E-state index contributed by atoms with van der Waals surface area (Å²) in [6, 6.07) is 30.1. The van der Waals surface area contributed by atoms with Crippen LogP contribution in [-0.2, 0) is 0 Å². The van der Waals surface area contributed by atoms with Crippen LogP contribution in [0.15, 0.2) is 91.0 Å². The Kier molecular flexibility index (Phi) is 7.96. The second-order valence-electron chi connectivity index (χ2n) is 7.86. The highest BCUT2D eigenvalue weighted by atomic mass is 16.5. The van der Waals surface area contributed by atoms with Crippen LogP contribution in [0.3, 0.4) is 0 Å². The molecule has 0 heterocycles. The van der Waals surface area contributed by atoms with Gasteiger partial charge in [0.1, 0.15) is 37.1 Å². The Morgan fingerprint density at radius 3 is 1.00 bits per heavy atom. The van der Waals surface area contributed by atoms with Gasteiger partial charge in [0, 0.05) is 0 Å². The fourth-order valence-electron chi connectivity index (χ4n) is 3.80. The van der Waals surface area contributed by atoms with Crippen molar-refractivity contribution in [1.82, 2.24) is 0 Å². The minimum atomic E-state index is 0.212. The first-order valence-electron chi connectivity index (χ1n) is 11.4. The molecule has 0 fully saturated rings. The standard InChI is InChI=1S/C33H24O3/c1-4-16-34-31-13-7-10-25(22-31)28-19-29(26-11-8-14-32(23-26)35-17-5-2)21-30(20-28)27-12-9-15-33(24-27)36-18-6-3/h1-3,7-15,19-24H,16-18H2. The summed E-state index contributed by atoms with van der Waals surface area (Å²) in [4.78, 5) is 0. The van der Waals surface area contributed by atoms with Gasteiger partial charge in [0.2, 0.25) is 0 Å². The Morgan fingerprint density at radius 2 is 0.722 bits per heavy atom. The zero-order valence-corrected chi connectivity index (χ0v) is 19.7. The Labute approximate surface area is 212 Å². The van der Waals surface area contributed by atoms with Gasteiger partial charge in [-0.2, -0.15) is 0 Å². The van der Waals surface area contributed by atoms with Crippen LogP contribution in [0.5, 0.6) is 17.2 Å². The molecule has 0 bridgehead atoms. The molecule has 0 aromatic heterocycles. The summed E-state index contributed by atoms with van der Waals surface area (Å²) in [5.41, 5.74) is 6.10. The minimum Gasteiger partial charge on any atom is -0.481 e. The first kappa shape index (κ1) is 24.1. The monoisotopic (exact) mass is 468 g/mol. The maximum Gasteiger partial charge on any atom is 0.148 e. The molecule has 3 nitrogen and oxygen atoms in total. The second-order valence-corrected chi connectivity index (χ2v) is 7.86. The molecule has 0 radical (unpaired) electrons. The summed E-state index contributed by atoms with van der Waals surface area (Å²) in [6.07, 6.45) is 16.1. The molecule has 174 valence electrons. The molecule has 36 heavy (non-hydrogen) atoms. The summed E-state index contributed by atoms with van der Waals surface area (Å²) in [5, 5.41) is 0. The molecule has 0 unspecified atom stereocenters. The van der Waals surface area contributed by atoms with E-state index in [0.717, 1.165) is 33.4 Å². The van der Waals surface area contributed by atoms with Gasteiger partial charge in [-0.25, -0.2) is 0 Å². The van der Waals surface area contributed by atoms with Gasteiger partial charge in [0.15, 0.2) is 0 Å². The lowest BCUT2D eigenvalue weighted by atomic mass is 9.93. The summed E-state index contributed by atoms with van der Waals surface area (Å²) in [6.45, 7) is 0.636. The third-order valence-electron chi connectivity index (χ3n) is 5.40. The van der Waals surface area contributed by atoms with E-state index in [1.54, 1.807) is 0 Å². The number of hydrogen-bond acceptors (Lipinski definition) is 3. The van der Waals surface area contributed by atoms with Crippen molar-refractivity contribution in [3.63, 3.8) is 0 Å². The number of ether oxygens (including phenoxy) is 3. The molecular weight excluding hydrogens is 444 g/mol. The molecular formula is C33H24O3. The van der Waals surface area contributed by atoms with E-state index >= 15 is 0 Å². The first-order valence-corrected chi connectivity index (χ1v) is 11.4. The molecule has 0 spiro atoms. The molecule has 0 saturated carbocycles. The van der Waals surface area contributed by atoms with Gasteiger partial charge >= 0.3 is 0 Å². The van der Waals surface area contributed by atoms with E-state index in [9.17, 15) is 0 Å². The Hall–Kier alpha value is -5.04. The van der Waals surface area contributed by atoms with Gasteiger partial charge in [0.05, 0.1) is 0 Å². The molecule has 0 atom stereocenters. The number of hydrogen-bond donors (Lipinski definition) is 0.